The minimum Gasteiger partial charge on any atom is -0.494 e. The lowest BCUT2D eigenvalue weighted by Crippen LogP contribution is -2.28. The number of thioether (sulfide) groups is 1. The molecule has 31 heavy (non-hydrogen) atoms. The van der Waals surface area contributed by atoms with Crippen LogP contribution in [0.3, 0.4) is 0 Å². The highest BCUT2D eigenvalue weighted by molar-refractivity contribution is 7.98. The highest BCUT2D eigenvalue weighted by Crippen LogP contribution is 2.29. The third-order valence-electron chi connectivity index (χ3n) is 4.76. The SMILES string of the molecule is CCOc1ccc(N2C[C@@H](C(=O)Nc3nnc(CSc4ccccc4)s3)CC2=O)cc1. The highest BCUT2D eigenvalue weighted by Gasteiger charge is 2.35. The Morgan fingerprint density at radius 3 is 2.71 bits per heavy atom. The number of benzene rings is 2. The fraction of sp³-hybridized carbons (Fsp3) is 0.273. The lowest BCUT2D eigenvalue weighted by Gasteiger charge is -2.17. The summed E-state index contributed by atoms with van der Waals surface area (Å²) in [4.78, 5) is 27.9. The van der Waals surface area contributed by atoms with Crippen molar-refractivity contribution >= 4 is 45.7 Å². The van der Waals surface area contributed by atoms with Crippen LogP contribution in [0.5, 0.6) is 5.75 Å². The molecule has 0 radical (unpaired) electrons. The Hall–Kier alpha value is -2.91. The Bertz CT molecular complexity index is 1040. The Morgan fingerprint density at radius 1 is 1.19 bits per heavy atom. The lowest BCUT2D eigenvalue weighted by molar-refractivity contribution is -0.122. The van der Waals surface area contributed by atoms with Crippen LogP contribution in [-0.4, -0.2) is 35.2 Å². The van der Waals surface area contributed by atoms with Crippen LogP contribution in [0.15, 0.2) is 59.5 Å². The van der Waals surface area contributed by atoms with Gasteiger partial charge in [-0.1, -0.05) is 29.5 Å². The van der Waals surface area contributed by atoms with Gasteiger partial charge in [-0.3, -0.25) is 9.59 Å². The first-order valence-electron chi connectivity index (χ1n) is 9.96. The molecule has 0 bridgehead atoms. The molecule has 7 nitrogen and oxygen atoms in total. The smallest absolute Gasteiger partial charge is 0.231 e. The number of amides is 2. The van der Waals surface area contributed by atoms with Crippen LogP contribution in [-0.2, 0) is 15.3 Å². The van der Waals surface area contributed by atoms with Gasteiger partial charge in [0.05, 0.1) is 18.3 Å². The van der Waals surface area contributed by atoms with Gasteiger partial charge in [0.15, 0.2) is 0 Å². The van der Waals surface area contributed by atoms with E-state index in [-0.39, 0.29) is 18.2 Å². The van der Waals surface area contributed by atoms with Crippen molar-refractivity contribution in [2.75, 3.05) is 23.4 Å². The average molecular weight is 455 g/mol. The van der Waals surface area contributed by atoms with Crippen molar-refractivity contribution in [2.24, 2.45) is 5.92 Å². The van der Waals surface area contributed by atoms with Crippen molar-refractivity contribution in [1.82, 2.24) is 10.2 Å². The number of nitrogens with zero attached hydrogens (tertiary/aromatic N) is 3. The van der Waals surface area contributed by atoms with E-state index in [0.717, 1.165) is 21.3 Å². The van der Waals surface area contributed by atoms with Crippen molar-refractivity contribution in [3.05, 3.63) is 59.6 Å². The number of ether oxygens (including phenoxy) is 1. The Morgan fingerprint density at radius 2 is 1.97 bits per heavy atom. The maximum atomic E-state index is 12.7. The van der Waals surface area contributed by atoms with Crippen LogP contribution in [0, 0.1) is 5.92 Å². The standard InChI is InChI=1S/C22H22N4O3S2/c1-2-29-17-10-8-16(9-11-17)26-13-15(12-20(26)27)21(28)23-22-25-24-19(31-22)14-30-18-6-4-3-5-7-18/h3-11,15H,2,12-14H2,1H3,(H,23,25,28)/t15-/m0/s1. The van der Waals surface area contributed by atoms with Crippen LogP contribution in [0.4, 0.5) is 10.8 Å². The minimum absolute atomic E-state index is 0.0680. The molecule has 1 atom stereocenters. The molecule has 1 saturated heterocycles. The fourth-order valence-corrected chi connectivity index (χ4v) is 4.90. The van der Waals surface area contributed by atoms with E-state index in [9.17, 15) is 9.59 Å². The first-order chi connectivity index (χ1) is 15.1. The summed E-state index contributed by atoms with van der Waals surface area (Å²) in [5.41, 5.74) is 0.764. The summed E-state index contributed by atoms with van der Waals surface area (Å²) in [6, 6.07) is 17.4. The van der Waals surface area contributed by atoms with Gasteiger partial charge >= 0.3 is 0 Å². The second kappa shape index (κ2) is 9.93. The summed E-state index contributed by atoms with van der Waals surface area (Å²) in [7, 11) is 0. The number of rotatable bonds is 8. The number of anilines is 2. The highest BCUT2D eigenvalue weighted by atomic mass is 32.2. The monoisotopic (exact) mass is 454 g/mol. The van der Waals surface area contributed by atoms with Gasteiger partial charge in [-0.05, 0) is 43.3 Å². The predicted molar refractivity (Wildman–Crippen MR) is 123 cm³/mol. The van der Waals surface area contributed by atoms with E-state index in [1.165, 1.54) is 11.3 Å². The third-order valence-corrected chi connectivity index (χ3v) is 6.80. The van der Waals surface area contributed by atoms with Crippen LogP contribution >= 0.6 is 23.1 Å². The van der Waals surface area contributed by atoms with Gasteiger partial charge < -0.3 is 15.0 Å². The van der Waals surface area contributed by atoms with Gasteiger partial charge in [0.2, 0.25) is 16.9 Å². The lowest BCUT2D eigenvalue weighted by atomic mass is 10.1. The van der Waals surface area contributed by atoms with Crippen molar-refractivity contribution in [3.8, 4) is 5.75 Å². The van der Waals surface area contributed by atoms with E-state index in [4.69, 9.17) is 4.74 Å². The second-order valence-corrected chi connectivity index (χ2v) is 9.04. The van der Waals surface area contributed by atoms with Crippen molar-refractivity contribution in [2.45, 2.75) is 24.0 Å². The van der Waals surface area contributed by atoms with Crippen molar-refractivity contribution < 1.29 is 14.3 Å². The molecule has 0 spiro atoms. The molecule has 9 heteroatoms. The topological polar surface area (TPSA) is 84.4 Å². The maximum absolute atomic E-state index is 12.7. The van der Waals surface area contributed by atoms with Crippen LogP contribution in [0.1, 0.15) is 18.4 Å². The van der Waals surface area contributed by atoms with E-state index < -0.39 is 5.92 Å². The molecule has 1 N–H and O–H groups in total. The van der Waals surface area contributed by atoms with Gasteiger partial charge in [-0.15, -0.1) is 22.0 Å². The van der Waals surface area contributed by atoms with Crippen molar-refractivity contribution in [1.29, 1.82) is 0 Å². The zero-order chi connectivity index (χ0) is 21.6. The van der Waals surface area contributed by atoms with Crippen LogP contribution in [0.25, 0.3) is 0 Å². The number of carbonyl (C=O) groups excluding carboxylic acids is 2. The molecule has 1 aliphatic heterocycles. The van der Waals surface area contributed by atoms with Crippen LogP contribution in [0.2, 0.25) is 0 Å². The van der Waals surface area contributed by atoms with Gasteiger partial charge in [-0.2, -0.15) is 0 Å². The molecule has 0 unspecified atom stereocenters. The molecule has 2 amide bonds. The zero-order valence-corrected chi connectivity index (χ0v) is 18.6. The van der Waals surface area contributed by atoms with E-state index >= 15 is 0 Å². The van der Waals surface area contributed by atoms with E-state index in [0.29, 0.717) is 24.0 Å². The quantitative estimate of drug-likeness (QED) is 0.513. The summed E-state index contributed by atoms with van der Waals surface area (Å²) >= 11 is 3.02. The summed E-state index contributed by atoms with van der Waals surface area (Å²) < 4.78 is 5.44. The molecule has 2 heterocycles. The Labute approximate surface area is 188 Å². The van der Waals surface area contributed by atoms with E-state index in [1.807, 2.05) is 61.5 Å². The third kappa shape index (κ3) is 5.42. The maximum Gasteiger partial charge on any atom is 0.231 e. The average Bonchev–Trinajstić information content (AvgIpc) is 3.40. The largest absolute Gasteiger partial charge is 0.494 e. The molecule has 1 aromatic heterocycles. The zero-order valence-electron chi connectivity index (χ0n) is 17.0. The normalized spacial score (nSPS) is 15.8. The van der Waals surface area contributed by atoms with Crippen LogP contribution < -0.4 is 15.0 Å². The number of nitrogens with one attached hydrogen (secondary N) is 1. The molecule has 0 aliphatic carbocycles. The van der Waals surface area contributed by atoms with E-state index in [2.05, 4.69) is 15.5 Å². The predicted octanol–water partition coefficient (Wildman–Crippen LogP) is 4.22. The second-order valence-electron chi connectivity index (χ2n) is 6.92. The molecular formula is C22H22N4O3S2. The first-order valence-corrected chi connectivity index (χ1v) is 11.8. The summed E-state index contributed by atoms with van der Waals surface area (Å²) in [6.07, 6.45) is 0.175. The number of hydrogen-bond acceptors (Lipinski definition) is 7. The molecule has 3 aromatic rings. The van der Waals surface area contributed by atoms with Gasteiger partial charge in [0, 0.05) is 23.5 Å². The minimum atomic E-state index is -0.426. The molecule has 2 aromatic carbocycles. The Kier molecular flexibility index (Phi) is 6.83. The van der Waals surface area contributed by atoms with Gasteiger partial charge in [0.25, 0.3) is 0 Å². The molecule has 160 valence electrons. The number of carbonyl (C=O) groups is 2. The molecule has 0 saturated carbocycles. The number of aromatic nitrogens is 2. The molecule has 1 aliphatic rings. The Balaban J connectivity index is 1.32. The summed E-state index contributed by atoms with van der Waals surface area (Å²) in [6.45, 7) is 2.85. The molecule has 4 rings (SSSR count). The van der Waals surface area contributed by atoms with Gasteiger partial charge in [0.1, 0.15) is 10.8 Å². The summed E-state index contributed by atoms with van der Waals surface area (Å²) in [5.74, 6) is 0.738. The fourth-order valence-electron chi connectivity index (χ4n) is 3.25. The summed E-state index contributed by atoms with van der Waals surface area (Å²) in [5, 5.41) is 12.3. The first kappa shape index (κ1) is 21.3. The van der Waals surface area contributed by atoms with E-state index in [1.54, 1.807) is 16.7 Å². The van der Waals surface area contributed by atoms with Crippen molar-refractivity contribution in [3.63, 3.8) is 0 Å². The molecular weight excluding hydrogens is 432 g/mol. The molecule has 1 fully saturated rings. The number of hydrogen-bond donors (Lipinski definition) is 1. The van der Waals surface area contributed by atoms with Gasteiger partial charge in [-0.25, -0.2) is 0 Å².